The van der Waals surface area contributed by atoms with Gasteiger partial charge in [0, 0.05) is 41.8 Å². The summed E-state index contributed by atoms with van der Waals surface area (Å²) in [5.74, 6) is 3.87. The molecule has 23 nitrogen and oxygen atoms in total. The van der Waals surface area contributed by atoms with E-state index in [-0.39, 0.29) is 53.1 Å². The van der Waals surface area contributed by atoms with Crippen LogP contribution in [0.15, 0.2) is 102 Å². The maximum absolute atomic E-state index is 12.7. The van der Waals surface area contributed by atoms with Gasteiger partial charge in [-0.05, 0) is 110 Å². The van der Waals surface area contributed by atoms with Gasteiger partial charge in [-0.1, -0.05) is 64.4 Å². The molecule has 2 heterocycles. The van der Waals surface area contributed by atoms with Gasteiger partial charge in [-0.2, -0.15) is 5.26 Å². The molecule has 0 spiro atoms. The standard InChI is InChI=1S/C24H17N3O10S.C16H21NO5S2.C5H12N2O2/c25-15-38-20-11-9-18(10-12-20)35-24(29)21-3-1-2-4-22(21)36-23(28)17-7-5-16(6-8-17)13-19(37-27(32)33)14-34-26(30)31;17-21-11-20-16(19)13-6-2-3-7-14(13)22-15(18)8-4-1-5-12-9-10-23-24-12;1-8-9-6-7-4-2-3-5-7/h1-12,19H,13-14H2;2-3,6-7,12H,1,4-5,8-11,17H2;6H,2-5H2,1H3. The van der Waals surface area contributed by atoms with Crippen molar-refractivity contribution in [2.75, 3.05) is 39.4 Å². The van der Waals surface area contributed by atoms with E-state index >= 15 is 0 Å². The van der Waals surface area contributed by atoms with Crippen LogP contribution in [0.3, 0.4) is 0 Å². The lowest BCUT2D eigenvalue weighted by molar-refractivity contribution is -0.789. The molecule has 4 aromatic rings. The molecule has 0 amide bonds. The molecule has 0 aliphatic carbocycles. The first kappa shape index (κ1) is 57.0. The van der Waals surface area contributed by atoms with E-state index in [0.29, 0.717) is 22.1 Å². The first-order valence-electron chi connectivity index (χ1n) is 21.5. The van der Waals surface area contributed by atoms with Crippen LogP contribution in [0.2, 0.25) is 0 Å². The maximum Gasteiger partial charge on any atom is 0.347 e. The number of esters is 4. The number of ether oxygens (including phenoxy) is 4. The Balaban J connectivity index is 0.000000280. The summed E-state index contributed by atoms with van der Waals surface area (Å²) in [6.07, 6.45) is 5.63. The van der Waals surface area contributed by atoms with Gasteiger partial charge in [-0.3, -0.25) is 9.63 Å². The number of nitrogens with two attached hydrogens (primary N) is 1. The summed E-state index contributed by atoms with van der Waals surface area (Å²) in [6.45, 7) is 1.07. The van der Waals surface area contributed by atoms with Crippen LogP contribution in [0.5, 0.6) is 17.2 Å². The predicted octanol–water partition coefficient (Wildman–Crippen LogP) is 7.42. The van der Waals surface area contributed by atoms with Gasteiger partial charge in [0.1, 0.15) is 46.5 Å². The molecule has 0 bridgehead atoms. The number of carbonyl (C=O) groups is 4. The molecule has 0 aromatic heterocycles. The number of rotatable bonds is 24. The lowest BCUT2D eigenvalue weighted by Gasteiger charge is -2.14. The SMILES string of the molecule is COONN1CCCC1.N#CSc1ccc(OC(=O)c2ccccc2OC(=O)c2ccc(CC(CO[N+](=O)[O-])O[N+](=O)[O-])cc2)cc1.NOCOC(=O)c1ccccc1OC(=O)CCCCC1CCSS1. The lowest BCUT2D eigenvalue weighted by atomic mass is 10.1. The summed E-state index contributed by atoms with van der Waals surface area (Å²) in [6, 6.07) is 24.4. The molecule has 2 unspecified atom stereocenters. The topological polar surface area (TPSA) is 303 Å². The number of para-hydroxylation sites is 2. The van der Waals surface area contributed by atoms with Crippen molar-refractivity contribution in [3.8, 4) is 22.6 Å². The molecule has 0 saturated carbocycles. The molecule has 6 rings (SSSR count). The summed E-state index contributed by atoms with van der Waals surface area (Å²) in [5, 5.41) is 32.2. The third kappa shape index (κ3) is 22.0. The van der Waals surface area contributed by atoms with Gasteiger partial charge in [0.05, 0.1) is 12.7 Å². The minimum Gasteiger partial charge on any atom is -0.433 e. The fourth-order valence-electron chi connectivity index (χ4n) is 6.27. The smallest absolute Gasteiger partial charge is 0.347 e. The van der Waals surface area contributed by atoms with Crippen LogP contribution in [-0.4, -0.2) is 89.8 Å². The second-order valence-electron chi connectivity index (χ2n) is 14.6. The van der Waals surface area contributed by atoms with Gasteiger partial charge in [-0.25, -0.2) is 30.2 Å². The molecule has 2 atom stereocenters. The minimum absolute atomic E-state index is 0.00138. The summed E-state index contributed by atoms with van der Waals surface area (Å²) in [5.41, 5.74) is 3.39. The second kappa shape index (κ2) is 32.4. The summed E-state index contributed by atoms with van der Waals surface area (Å²) < 4.78 is 20.8. The van der Waals surface area contributed by atoms with E-state index < -0.39 is 40.8 Å². The van der Waals surface area contributed by atoms with Gasteiger partial charge in [0.25, 0.3) is 10.2 Å². The third-order valence-electron chi connectivity index (χ3n) is 9.59. The van der Waals surface area contributed by atoms with Crippen molar-refractivity contribution >= 4 is 57.2 Å². The highest BCUT2D eigenvalue weighted by molar-refractivity contribution is 8.77. The zero-order chi connectivity index (χ0) is 51.2. The molecule has 71 heavy (non-hydrogen) atoms. The number of thioether (sulfide) groups is 1. The summed E-state index contributed by atoms with van der Waals surface area (Å²) in [4.78, 5) is 92.5. The first-order valence-corrected chi connectivity index (χ1v) is 24.7. The Morgan fingerprint density at radius 2 is 1.52 bits per heavy atom. The van der Waals surface area contributed by atoms with Crippen molar-refractivity contribution in [2.45, 2.75) is 67.6 Å². The highest BCUT2D eigenvalue weighted by atomic mass is 33.1. The average molecular weight is 1040 g/mol. The Kier molecular flexibility index (Phi) is 26.0. The van der Waals surface area contributed by atoms with Crippen molar-refractivity contribution in [1.29, 1.82) is 5.26 Å². The van der Waals surface area contributed by atoms with Crippen LogP contribution >= 0.6 is 33.3 Å². The van der Waals surface area contributed by atoms with E-state index in [9.17, 15) is 39.4 Å². The lowest BCUT2D eigenvalue weighted by Crippen LogP contribution is -2.34. The fraction of sp³-hybridized carbons (Fsp3) is 0.356. The Morgan fingerprint density at radius 1 is 0.859 bits per heavy atom. The zero-order valence-corrected chi connectivity index (χ0v) is 40.6. The molecule has 3 N–H and O–H groups in total. The van der Waals surface area contributed by atoms with Crippen LogP contribution in [0.4, 0.5) is 0 Å². The quantitative estimate of drug-likeness (QED) is 0.00659. The van der Waals surface area contributed by atoms with Crippen molar-refractivity contribution < 1.29 is 72.7 Å². The van der Waals surface area contributed by atoms with Gasteiger partial charge in [0.2, 0.25) is 6.79 Å². The number of nitrogens with zero attached hydrogens (tertiary/aromatic N) is 4. The van der Waals surface area contributed by atoms with Crippen molar-refractivity contribution in [1.82, 2.24) is 10.6 Å². The van der Waals surface area contributed by atoms with Gasteiger partial charge in [0.15, 0.2) is 0 Å². The number of benzene rings is 4. The van der Waals surface area contributed by atoms with E-state index in [2.05, 4.69) is 30.0 Å². The number of nitrogens with one attached hydrogen (secondary N) is 1. The van der Waals surface area contributed by atoms with Crippen LogP contribution in [0.25, 0.3) is 0 Å². The Bertz CT molecular complexity index is 2370. The fourth-order valence-corrected chi connectivity index (χ4v) is 9.68. The number of unbranched alkanes of at least 4 members (excludes halogenated alkanes) is 1. The Hall–Kier alpha value is -6.54. The molecule has 0 radical (unpaired) electrons. The van der Waals surface area contributed by atoms with E-state index in [4.69, 9.17) is 30.1 Å². The van der Waals surface area contributed by atoms with E-state index in [0.717, 1.165) is 44.1 Å². The monoisotopic (exact) mass is 1040 g/mol. The molecule has 4 aromatic carbocycles. The number of thiocyanates is 1. The number of nitriles is 1. The van der Waals surface area contributed by atoms with E-state index in [1.54, 1.807) is 42.5 Å². The van der Waals surface area contributed by atoms with Crippen LogP contribution in [0, 0.1) is 30.9 Å². The maximum atomic E-state index is 12.7. The number of hydrogen-bond acceptors (Lipinski definition) is 24. The Labute approximate surface area is 419 Å². The summed E-state index contributed by atoms with van der Waals surface area (Å²) in [7, 11) is 5.34. The molecular formula is C45H50N6O17S3. The van der Waals surface area contributed by atoms with Crippen molar-refractivity contribution in [3.05, 3.63) is 140 Å². The molecule has 2 aliphatic rings. The normalized spacial score (nSPS) is 14.2. The molecular weight excluding hydrogens is 993 g/mol. The number of carbonyl (C=O) groups excluding carboxylic acids is 4. The summed E-state index contributed by atoms with van der Waals surface area (Å²) >= 11 is 0.960. The van der Waals surface area contributed by atoms with Crippen LogP contribution in [-0.2, 0) is 40.3 Å². The zero-order valence-electron chi connectivity index (χ0n) is 38.1. The molecule has 380 valence electrons. The average Bonchev–Trinajstić information content (AvgIpc) is 4.10. The Morgan fingerprint density at radius 3 is 2.13 bits per heavy atom. The largest absolute Gasteiger partial charge is 0.433 e. The highest BCUT2D eigenvalue weighted by Gasteiger charge is 2.21. The van der Waals surface area contributed by atoms with Gasteiger partial charge in [-0.15, -0.1) is 30.8 Å². The van der Waals surface area contributed by atoms with Gasteiger partial charge < -0.3 is 28.6 Å². The number of hydrazine groups is 1. The van der Waals surface area contributed by atoms with E-state index in [1.807, 2.05) is 32.0 Å². The molecule has 2 saturated heterocycles. The van der Waals surface area contributed by atoms with Crippen molar-refractivity contribution in [2.24, 2.45) is 5.90 Å². The van der Waals surface area contributed by atoms with Crippen molar-refractivity contribution in [3.63, 3.8) is 0 Å². The highest BCUT2D eigenvalue weighted by Crippen LogP contribution is 2.40. The third-order valence-corrected chi connectivity index (χ3v) is 13.2. The van der Waals surface area contributed by atoms with E-state index in [1.165, 1.54) is 86.7 Å². The van der Waals surface area contributed by atoms with Crippen LogP contribution < -0.4 is 25.7 Å². The molecule has 26 heteroatoms. The van der Waals surface area contributed by atoms with Crippen LogP contribution in [0.1, 0.15) is 81.6 Å². The minimum atomic E-state index is -1.24. The van der Waals surface area contributed by atoms with Gasteiger partial charge >= 0.3 is 23.9 Å². The predicted molar refractivity (Wildman–Crippen MR) is 256 cm³/mol. The number of hydrogen-bond donors (Lipinski definition) is 2. The second-order valence-corrected chi connectivity index (χ2v) is 18.3. The first-order chi connectivity index (χ1) is 34.4. The molecule has 2 aliphatic heterocycles. The molecule has 2 fully saturated rings.